The Morgan fingerprint density at radius 1 is 1.21 bits per heavy atom. The summed E-state index contributed by atoms with van der Waals surface area (Å²) in [4.78, 5) is 29.4. The van der Waals surface area contributed by atoms with Gasteiger partial charge in [0.2, 0.25) is 0 Å². The van der Waals surface area contributed by atoms with E-state index >= 15 is 0 Å². The monoisotopic (exact) mass is 404 g/mol. The Morgan fingerprint density at radius 3 is 2.75 bits per heavy atom. The summed E-state index contributed by atoms with van der Waals surface area (Å²) in [6.45, 7) is 6.17. The number of hydrogen-bond acceptors (Lipinski definition) is 6. The molecule has 4 aliphatic carbocycles. The van der Waals surface area contributed by atoms with Gasteiger partial charge in [-0.15, -0.1) is 0 Å². The number of ketones is 1. The van der Waals surface area contributed by atoms with Crippen LogP contribution in [0.1, 0.15) is 72.1 Å². The second kappa shape index (κ2) is 5.99. The first-order valence-corrected chi connectivity index (χ1v) is 11.8. The molecule has 2 N–H and O–H groups in total. The van der Waals surface area contributed by atoms with Gasteiger partial charge in [0.15, 0.2) is 5.17 Å². The summed E-state index contributed by atoms with van der Waals surface area (Å²) in [6, 6.07) is 0. The van der Waals surface area contributed by atoms with Crippen LogP contribution in [0, 0.1) is 28.6 Å². The molecule has 1 aliphatic heterocycles. The average molecular weight is 405 g/mol. The summed E-state index contributed by atoms with van der Waals surface area (Å²) in [5.41, 5.74) is 6.03. The summed E-state index contributed by atoms with van der Waals surface area (Å²) in [6.07, 6.45) is 7.73. The van der Waals surface area contributed by atoms with Crippen molar-refractivity contribution in [1.82, 2.24) is 0 Å². The number of hydrogen-bond donors (Lipinski definition) is 1. The Hall–Kier alpha value is -1.04. The van der Waals surface area contributed by atoms with Crippen molar-refractivity contribution < 1.29 is 14.3 Å². The van der Waals surface area contributed by atoms with E-state index in [2.05, 4.69) is 13.8 Å². The first kappa shape index (κ1) is 19.0. The maximum atomic E-state index is 12.7. The Labute approximate surface area is 171 Å². The normalized spacial score (nSPS) is 52.2. The van der Waals surface area contributed by atoms with E-state index in [0.29, 0.717) is 34.0 Å². The van der Waals surface area contributed by atoms with E-state index in [1.165, 1.54) is 6.92 Å². The second-order valence-corrected chi connectivity index (χ2v) is 11.6. The van der Waals surface area contributed by atoms with Crippen molar-refractivity contribution in [3.8, 4) is 0 Å². The lowest BCUT2D eigenvalue weighted by Crippen LogP contribution is -2.66. The summed E-state index contributed by atoms with van der Waals surface area (Å²) < 4.78 is 5.66. The summed E-state index contributed by atoms with van der Waals surface area (Å²) in [5.74, 6) is 1.98. The van der Waals surface area contributed by atoms with E-state index in [0.717, 1.165) is 51.4 Å². The maximum absolute atomic E-state index is 12.7. The van der Waals surface area contributed by atoms with Crippen molar-refractivity contribution in [3.63, 3.8) is 0 Å². The summed E-state index contributed by atoms with van der Waals surface area (Å²) in [7, 11) is 0. The van der Waals surface area contributed by atoms with E-state index in [-0.39, 0.29) is 28.4 Å². The molecule has 5 rings (SSSR count). The van der Waals surface area contributed by atoms with Gasteiger partial charge in [-0.2, -0.15) is 0 Å². The number of carbonyl (C=O) groups excluding carboxylic acids is 2. The molecule has 0 aromatic rings. The minimum Gasteiger partial charge on any atom is -0.462 e. The Kier molecular flexibility index (Phi) is 4.06. The van der Waals surface area contributed by atoms with E-state index in [1.807, 2.05) is 0 Å². The number of esters is 1. The number of amidine groups is 1. The molecule has 0 radical (unpaired) electrons. The third kappa shape index (κ3) is 2.30. The number of nitrogens with two attached hydrogens (primary N) is 1. The minimum atomic E-state index is -0.225. The fraction of sp³-hybridized carbons (Fsp3) is 0.864. The molecule has 0 amide bonds. The zero-order valence-corrected chi connectivity index (χ0v) is 18.0. The molecule has 154 valence electrons. The van der Waals surface area contributed by atoms with Gasteiger partial charge in [-0.3, -0.25) is 14.6 Å². The third-order valence-electron chi connectivity index (χ3n) is 9.40. The van der Waals surface area contributed by atoms with Gasteiger partial charge in [0, 0.05) is 30.4 Å². The van der Waals surface area contributed by atoms with Crippen LogP contribution in [0.25, 0.3) is 0 Å². The molecule has 0 bridgehead atoms. The molecule has 4 fully saturated rings. The fourth-order valence-corrected chi connectivity index (χ4v) is 9.52. The number of ether oxygens (including phenoxy) is 1. The molecule has 8 atom stereocenters. The quantitative estimate of drug-likeness (QED) is 0.674. The number of thioether (sulfide) groups is 1. The van der Waals surface area contributed by atoms with Crippen LogP contribution in [-0.2, 0) is 14.3 Å². The van der Waals surface area contributed by atoms with Crippen molar-refractivity contribution >= 4 is 28.7 Å². The van der Waals surface area contributed by atoms with Crippen molar-refractivity contribution in [1.29, 1.82) is 0 Å². The standard InChI is InChI=1S/C22H32N2O3S/c1-12(25)27-13-6-9-21(3)16-7-8-20(2)15(4-5-17(20)26)14(16)10-18-22(21,11-13)24-19(23)28-18/h13-16,18H,4-11H2,1-3H3,(H2,23,24)/t13-,14+,15+,16+,18+,20+,21-,22+/m1/s1. The van der Waals surface area contributed by atoms with Crippen LogP contribution in [0.5, 0.6) is 0 Å². The molecule has 0 unspecified atom stereocenters. The van der Waals surface area contributed by atoms with Crippen LogP contribution < -0.4 is 5.73 Å². The molecule has 0 saturated heterocycles. The van der Waals surface area contributed by atoms with Gasteiger partial charge in [0.25, 0.3) is 0 Å². The molecule has 5 nitrogen and oxygen atoms in total. The Bertz CT molecular complexity index is 769. The highest BCUT2D eigenvalue weighted by atomic mass is 32.2. The molecule has 6 heteroatoms. The van der Waals surface area contributed by atoms with Crippen molar-refractivity contribution in [2.75, 3.05) is 0 Å². The SMILES string of the molecule is CC(=O)O[C@@H]1CC[C@]2(C)[C@H]3CC[C@]4(C)C(=O)CC[C@H]4[C@@H]3C[C@@H]3SC(N)=N[C@@]32C1. The van der Waals surface area contributed by atoms with E-state index in [1.54, 1.807) is 11.8 Å². The zero-order valence-electron chi connectivity index (χ0n) is 17.2. The highest BCUT2D eigenvalue weighted by molar-refractivity contribution is 8.14. The predicted molar refractivity (Wildman–Crippen MR) is 110 cm³/mol. The molecule has 0 aromatic carbocycles. The van der Waals surface area contributed by atoms with Gasteiger partial charge in [-0.05, 0) is 61.7 Å². The minimum absolute atomic E-state index is 0.0539. The van der Waals surface area contributed by atoms with Crippen LogP contribution in [0.15, 0.2) is 4.99 Å². The molecular weight excluding hydrogens is 372 g/mol. The topological polar surface area (TPSA) is 81.8 Å². The predicted octanol–water partition coefficient (Wildman–Crippen LogP) is 3.69. The van der Waals surface area contributed by atoms with Gasteiger partial charge in [-0.1, -0.05) is 25.6 Å². The zero-order chi connectivity index (χ0) is 19.9. The van der Waals surface area contributed by atoms with Gasteiger partial charge in [-0.25, -0.2) is 0 Å². The smallest absolute Gasteiger partial charge is 0.302 e. The first-order valence-electron chi connectivity index (χ1n) is 10.9. The van der Waals surface area contributed by atoms with Crippen molar-refractivity contribution in [3.05, 3.63) is 0 Å². The number of nitrogens with zero attached hydrogens (tertiary/aromatic N) is 1. The molecule has 5 aliphatic rings. The lowest BCUT2D eigenvalue weighted by molar-refractivity contribution is -0.162. The van der Waals surface area contributed by atoms with Crippen molar-refractivity contribution in [2.45, 2.75) is 89.0 Å². The summed E-state index contributed by atoms with van der Waals surface area (Å²) >= 11 is 1.74. The highest BCUT2D eigenvalue weighted by Crippen LogP contribution is 2.70. The summed E-state index contributed by atoms with van der Waals surface area (Å²) in [5, 5.41) is 1.04. The first-order chi connectivity index (χ1) is 13.2. The fourth-order valence-electron chi connectivity index (χ4n) is 8.08. The Morgan fingerprint density at radius 2 is 2.00 bits per heavy atom. The number of aliphatic imine (C=N–C) groups is 1. The van der Waals surface area contributed by atoms with Gasteiger partial charge >= 0.3 is 5.97 Å². The van der Waals surface area contributed by atoms with E-state index in [9.17, 15) is 9.59 Å². The molecule has 1 heterocycles. The van der Waals surface area contributed by atoms with E-state index in [4.69, 9.17) is 15.5 Å². The lowest BCUT2D eigenvalue weighted by Gasteiger charge is -2.64. The van der Waals surface area contributed by atoms with Gasteiger partial charge < -0.3 is 10.5 Å². The number of rotatable bonds is 1. The van der Waals surface area contributed by atoms with Crippen LogP contribution in [0.4, 0.5) is 0 Å². The van der Waals surface area contributed by atoms with Gasteiger partial charge in [0.05, 0.1) is 5.54 Å². The molecule has 28 heavy (non-hydrogen) atoms. The molecule has 0 aromatic heterocycles. The third-order valence-corrected chi connectivity index (χ3v) is 10.6. The molecule has 1 spiro atoms. The largest absolute Gasteiger partial charge is 0.462 e. The van der Waals surface area contributed by atoms with E-state index < -0.39 is 0 Å². The van der Waals surface area contributed by atoms with Crippen LogP contribution in [0.2, 0.25) is 0 Å². The van der Waals surface area contributed by atoms with Gasteiger partial charge in [0.1, 0.15) is 11.9 Å². The average Bonchev–Trinajstić information content (AvgIpc) is 3.09. The van der Waals surface area contributed by atoms with Crippen LogP contribution in [0.3, 0.4) is 0 Å². The number of carbonyl (C=O) groups is 2. The molecular formula is C22H32N2O3S. The second-order valence-electron chi connectivity index (χ2n) is 10.4. The van der Waals surface area contributed by atoms with Crippen LogP contribution >= 0.6 is 11.8 Å². The van der Waals surface area contributed by atoms with Crippen LogP contribution in [-0.4, -0.2) is 33.8 Å². The van der Waals surface area contributed by atoms with Crippen molar-refractivity contribution in [2.24, 2.45) is 39.3 Å². The maximum Gasteiger partial charge on any atom is 0.302 e. The number of fused-ring (bicyclic) bond motifs is 4. The number of Topliss-reactive ketones (excluding diaryl/α,β-unsaturated/α-hetero) is 1. The highest BCUT2D eigenvalue weighted by Gasteiger charge is 2.69. The molecule has 4 saturated carbocycles. The lowest BCUT2D eigenvalue weighted by atomic mass is 9.42. The Balaban J connectivity index is 1.53.